The first-order valence-electron chi connectivity index (χ1n) is 8.19. The molecule has 2 rings (SSSR count). The second kappa shape index (κ2) is 7.64. The molecule has 0 spiro atoms. The molecule has 1 aromatic carbocycles. The third kappa shape index (κ3) is 4.21. The molecule has 1 nitrogen and oxygen atoms in total. The predicted molar refractivity (Wildman–Crippen MR) is 88.3 cm³/mol. The molecule has 1 N–H and O–H groups in total. The monoisotopic (exact) mass is 271 g/mol. The minimum Gasteiger partial charge on any atom is -0.310 e. The summed E-state index contributed by atoms with van der Waals surface area (Å²) in [4.78, 5) is 0. The van der Waals surface area contributed by atoms with E-state index in [1.54, 1.807) is 5.57 Å². The van der Waals surface area contributed by atoms with Crippen molar-refractivity contribution in [2.24, 2.45) is 0 Å². The Labute approximate surface area is 124 Å². The highest BCUT2D eigenvalue weighted by molar-refractivity contribution is 5.32. The number of rotatable bonds is 6. The Morgan fingerprint density at radius 2 is 2.05 bits per heavy atom. The van der Waals surface area contributed by atoms with Crippen molar-refractivity contribution in [2.75, 3.05) is 6.54 Å². The molecule has 0 fully saturated rings. The van der Waals surface area contributed by atoms with Gasteiger partial charge in [-0.25, -0.2) is 0 Å². The summed E-state index contributed by atoms with van der Waals surface area (Å²) in [5.74, 6) is 0. The molecular formula is C19H29N. The van der Waals surface area contributed by atoms with Crippen molar-refractivity contribution in [2.45, 2.75) is 65.3 Å². The summed E-state index contributed by atoms with van der Waals surface area (Å²) in [6.07, 6.45) is 10.1. The van der Waals surface area contributed by atoms with Crippen molar-refractivity contribution in [1.82, 2.24) is 5.32 Å². The van der Waals surface area contributed by atoms with E-state index in [9.17, 15) is 0 Å². The Kier molecular flexibility index (Phi) is 5.85. The van der Waals surface area contributed by atoms with Gasteiger partial charge in [0.15, 0.2) is 0 Å². The third-order valence-corrected chi connectivity index (χ3v) is 4.34. The van der Waals surface area contributed by atoms with Gasteiger partial charge in [0, 0.05) is 6.04 Å². The summed E-state index contributed by atoms with van der Waals surface area (Å²) >= 11 is 0. The maximum Gasteiger partial charge on any atom is 0.0320 e. The van der Waals surface area contributed by atoms with Gasteiger partial charge in [0.25, 0.3) is 0 Å². The summed E-state index contributed by atoms with van der Waals surface area (Å²) in [5, 5.41) is 3.77. The van der Waals surface area contributed by atoms with Crippen molar-refractivity contribution >= 4 is 0 Å². The van der Waals surface area contributed by atoms with Gasteiger partial charge < -0.3 is 5.32 Å². The zero-order chi connectivity index (χ0) is 14.4. The van der Waals surface area contributed by atoms with Crippen LogP contribution in [0.25, 0.3) is 0 Å². The molecule has 1 unspecified atom stereocenters. The maximum absolute atomic E-state index is 3.77. The summed E-state index contributed by atoms with van der Waals surface area (Å²) in [6, 6.07) is 7.37. The second-order valence-corrected chi connectivity index (χ2v) is 6.17. The van der Waals surface area contributed by atoms with Crippen molar-refractivity contribution in [3.05, 3.63) is 46.5 Å². The lowest BCUT2D eigenvalue weighted by Gasteiger charge is -2.25. The summed E-state index contributed by atoms with van der Waals surface area (Å²) < 4.78 is 0. The lowest BCUT2D eigenvalue weighted by Crippen LogP contribution is -2.34. The quantitative estimate of drug-likeness (QED) is 0.739. The SMILES string of the molecule is CCCNC(Cc1cc(C)ccc1C)C1=CCCCC1. The van der Waals surface area contributed by atoms with E-state index in [0.717, 1.165) is 13.0 Å². The van der Waals surface area contributed by atoms with E-state index in [-0.39, 0.29) is 0 Å². The summed E-state index contributed by atoms with van der Waals surface area (Å²) in [5.41, 5.74) is 5.95. The Morgan fingerprint density at radius 1 is 1.20 bits per heavy atom. The normalized spacial score (nSPS) is 16.9. The van der Waals surface area contributed by atoms with Crippen LogP contribution in [0.5, 0.6) is 0 Å². The molecule has 0 amide bonds. The molecule has 0 radical (unpaired) electrons. The van der Waals surface area contributed by atoms with Crippen molar-refractivity contribution in [1.29, 1.82) is 0 Å². The fraction of sp³-hybridized carbons (Fsp3) is 0.579. The molecule has 110 valence electrons. The van der Waals surface area contributed by atoms with Crippen LogP contribution >= 0.6 is 0 Å². The van der Waals surface area contributed by atoms with Gasteiger partial charge in [0.05, 0.1) is 0 Å². The van der Waals surface area contributed by atoms with E-state index in [1.165, 1.54) is 48.8 Å². The zero-order valence-corrected chi connectivity index (χ0v) is 13.3. The Bertz CT molecular complexity index is 459. The van der Waals surface area contributed by atoms with Gasteiger partial charge in [-0.15, -0.1) is 0 Å². The van der Waals surface area contributed by atoms with Crippen LogP contribution in [0.1, 0.15) is 55.7 Å². The Balaban J connectivity index is 2.14. The van der Waals surface area contributed by atoms with Crippen LogP contribution in [0.15, 0.2) is 29.8 Å². The summed E-state index contributed by atoms with van der Waals surface area (Å²) in [6.45, 7) is 7.79. The van der Waals surface area contributed by atoms with Crippen molar-refractivity contribution in [3.63, 3.8) is 0 Å². The standard InChI is InChI=1S/C19H29N/c1-4-12-20-19(17-8-6-5-7-9-17)14-18-13-15(2)10-11-16(18)3/h8,10-11,13,19-20H,4-7,9,12,14H2,1-3H3. The van der Waals surface area contributed by atoms with E-state index in [2.05, 4.69) is 50.4 Å². The van der Waals surface area contributed by atoms with E-state index in [4.69, 9.17) is 0 Å². The average Bonchev–Trinajstić information content (AvgIpc) is 2.48. The minimum absolute atomic E-state index is 0.538. The first-order chi connectivity index (χ1) is 9.70. The second-order valence-electron chi connectivity index (χ2n) is 6.17. The first-order valence-corrected chi connectivity index (χ1v) is 8.19. The van der Waals surface area contributed by atoms with Gasteiger partial charge >= 0.3 is 0 Å². The molecule has 1 aliphatic rings. The number of allylic oxidation sites excluding steroid dienone is 1. The molecule has 0 heterocycles. The first kappa shape index (κ1) is 15.3. The topological polar surface area (TPSA) is 12.0 Å². The van der Waals surface area contributed by atoms with E-state index >= 15 is 0 Å². The lowest BCUT2D eigenvalue weighted by molar-refractivity contribution is 0.525. The van der Waals surface area contributed by atoms with Crippen LogP contribution in [-0.4, -0.2) is 12.6 Å². The van der Waals surface area contributed by atoms with Gasteiger partial charge in [-0.2, -0.15) is 0 Å². The molecule has 1 aliphatic carbocycles. The fourth-order valence-electron chi connectivity index (χ4n) is 3.07. The maximum atomic E-state index is 3.77. The van der Waals surface area contributed by atoms with Gasteiger partial charge in [0.2, 0.25) is 0 Å². The number of hydrogen-bond donors (Lipinski definition) is 1. The van der Waals surface area contributed by atoms with Gasteiger partial charge in [-0.05, 0) is 70.0 Å². The highest BCUT2D eigenvalue weighted by atomic mass is 14.9. The Hall–Kier alpha value is -1.08. The van der Waals surface area contributed by atoms with Crippen LogP contribution in [0.3, 0.4) is 0 Å². The summed E-state index contributed by atoms with van der Waals surface area (Å²) in [7, 11) is 0. The molecule has 0 saturated carbocycles. The third-order valence-electron chi connectivity index (χ3n) is 4.34. The molecule has 1 atom stereocenters. The molecule has 0 bridgehead atoms. The zero-order valence-electron chi connectivity index (χ0n) is 13.3. The number of nitrogens with one attached hydrogen (secondary N) is 1. The number of hydrogen-bond acceptors (Lipinski definition) is 1. The van der Waals surface area contributed by atoms with Crippen LogP contribution in [0.4, 0.5) is 0 Å². The highest BCUT2D eigenvalue weighted by Gasteiger charge is 2.17. The molecule has 0 saturated heterocycles. The van der Waals surface area contributed by atoms with E-state index in [1.807, 2.05) is 0 Å². The van der Waals surface area contributed by atoms with Crippen LogP contribution < -0.4 is 5.32 Å². The van der Waals surface area contributed by atoms with Crippen LogP contribution in [-0.2, 0) is 6.42 Å². The largest absolute Gasteiger partial charge is 0.310 e. The van der Waals surface area contributed by atoms with Gasteiger partial charge in [0.1, 0.15) is 0 Å². The molecule has 20 heavy (non-hydrogen) atoms. The molecule has 0 aliphatic heterocycles. The highest BCUT2D eigenvalue weighted by Crippen LogP contribution is 2.24. The van der Waals surface area contributed by atoms with Crippen molar-refractivity contribution < 1.29 is 0 Å². The molecule has 1 heteroatoms. The predicted octanol–water partition coefficient (Wildman–Crippen LogP) is 4.71. The van der Waals surface area contributed by atoms with Crippen molar-refractivity contribution in [3.8, 4) is 0 Å². The number of aryl methyl sites for hydroxylation is 2. The average molecular weight is 271 g/mol. The smallest absolute Gasteiger partial charge is 0.0320 e. The van der Waals surface area contributed by atoms with Gasteiger partial charge in [-0.3, -0.25) is 0 Å². The van der Waals surface area contributed by atoms with E-state index in [0.29, 0.717) is 6.04 Å². The molecular weight excluding hydrogens is 242 g/mol. The fourth-order valence-corrected chi connectivity index (χ4v) is 3.07. The lowest BCUT2D eigenvalue weighted by atomic mass is 9.88. The minimum atomic E-state index is 0.538. The molecule has 0 aromatic heterocycles. The van der Waals surface area contributed by atoms with Gasteiger partial charge in [-0.1, -0.05) is 42.3 Å². The van der Waals surface area contributed by atoms with E-state index < -0.39 is 0 Å². The van der Waals surface area contributed by atoms with Crippen LogP contribution in [0.2, 0.25) is 0 Å². The van der Waals surface area contributed by atoms with Crippen LogP contribution in [0, 0.1) is 13.8 Å². The number of benzene rings is 1. The Morgan fingerprint density at radius 3 is 2.75 bits per heavy atom. The molecule has 1 aromatic rings.